The molecule has 0 unspecified atom stereocenters. The summed E-state index contributed by atoms with van der Waals surface area (Å²) in [6, 6.07) is 8.47. The summed E-state index contributed by atoms with van der Waals surface area (Å²) in [5.41, 5.74) is 5.76. The van der Waals surface area contributed by atoms with Crippen LogP contribution in [-0.4, -0.2) is 35.7 Å². The Morgan fingerprint density at radius 1 is 0.641 bits per heavy atom. The van der Waals surface area contributed by atoms with E-state index >= 15 is 0 Å². The molecule has 2 aromatic rings. The molecule has 0 aliphatic heterocycles. The van der Waals surface area contributed by atoms with E-state index in [0.717, 1.165) is 54.4 Å². The van der Waals surface area contributed by atoms with Gasteiger partial charge in [0.15, 0.2) is 0 Å². The number of phenols is 2. The van der Waals surface area contributed by atoms with Gasteiger partial charge in [-0.25, -0.2) is 0 Å². The predicted molar refractivity (Wildman–Crippen MR) is 169 cm³/mol. The number of aryl methyl sites for hydroxylation is 2. The van der Waals surface area contributed by atoms with E-state index in [1.807, 2.05) is 12.4 Å². The summed E-state index contributed by atoms with van der Waals surface area (Å²) in [6.07, 6.45) is 8.66. The van der Waals surface area contributed by atoms with E-state index in [2.05, 4.69) is 103 Å². The Balaban J connectivity index is 2.10. The van der Waals surface area contributed by atoms with Gasteiger partial charge in [0.1, 0.15) is 11.5 Å². The van der Waals surface area contributed by atoms with Gasteiger partial charge < -0.3 is 10.2 Å². The Morgan fingerprint density at radius 2 is 1.00 bits per heavy atom. The van der Waals surface area contributed by atoms with Crippen molar-refractivity contribution in [1.29, 1.82) is 0 Å². The van der Waals surface area contributed by atoms with Crippen molar-refractivity contribution >= 4 is 12.4 Å². The number of hydrogen-bond acceptors (Lipinski definition) is 4. The van der Waals surface area contributed by atoms with Crippen LogP contribution in [0.5, 0.6) is 11.5 Å². The highest BCUT2D eigenvalue weighted by Crippen LogP contribution is 2.35. The normalized spacial score (nSPS) is 13.0. The van der Waals surface area contributed by atoms with Gasteiger partial charge in [-0.05, 0) is 78.0 Å². The van der Waals surface area contributed by atoms with Crippen LogP contribution in [0.15, 0.2) is 34.3 Å². The molecule has 4 heteroatoms. The molecule has 0 aliphatic carbocycles. The van der Waals surface area contributed by atoms with Crippen molar-refractivity contribution < 1.29 is 10.2 Å². The highest BCUT2D eigenvalue weighted by molar-refractivity contribution is 5.85. The van der Waals surface area contributed by atoms with Gasteiger partial charge in [-0.2, -0.15) is 0 Å². The maximum absolute atomic E-state index is 11.0. The summed E-state index contributed by atoms with van der Waals surface area (Å²) in [5, 5.41) is 21.9. The standard InChI is InChI=1S/C35H54N2O2/c1-24(2)12-14-26-18-28(32(38)30(20-26)34(5,6)7)22-36-16-11-17-37-23-29-19-27(15-13-25(3)4)21-31(33(29)39)35(8,9)10/h18-25,38-39H,11-17H2,1-10H3. The smallest absolute Gasteiger partial charge is 0.128 e. The van der Waals surface area contributed by atoms with Gasteiger partial charge in [0, 0.05) is 47.8 Å². The molecule has 0 radical (unpaired) electrons. The number of aliphatic imine (C=N–C) groups is 2. The van der Waals surface area contributed by atoms with Crippen LogP contribution in [0, 0.1) is 11.8 Å². The molecule has 216 valence electrons. The van der Waals surface area contributed by atoms with E-state index in [1.165, 1.54) is 11.1 Å². The van der Waals surface area contributed by atoms with Gasteiger partial charge in [0.05, 0.1) is 0 Å². The van der Waals surface area contributed by atoms with Gasteiger partial charge in [-0.15, -0.1) is 0 Å². The minimum absolute atomic E-state index is 0.139. The third-order valence-electron chi connectivity index (χ3n) is 7.07. The van der Waals surface area contributed by atoms with Crippen LogP contribution >= 0.6 is 0 Å². The summed E-state index contributed by atoms with van der Waals surface area (Å²) >= 11 is 0. The fourth-order valence-electron chi connectivity index (χ4n) is 4.56. The van der Waals surface area contributed by atoms with E-state index in [4.69, 9.17) is 0 Å². The van der Waals surface area contributed by atoms with Gasteiger partial charge in [-0.3, -0.25) is 9.98 Å². The molecular weight excluding hydrogens is 480 g/mol. The maximum atomic E-state index is 11.0. The average Bonchev–Trinajstić information content (AvgIpc) is 2.81. The molecule has 0 spiro atoms. The highest BCUT2D eigenvalue weighted by atomic mass is 16.3. The maximum Gasteiger partial charge on any atom is 0.128 e. The van der Waals surface area contributed by atoms with Crippen molar-refractivity contribution in [3.8, 4) is 11.5 Å². The summed E-state index contributed by atoms with van der Waals surface area (Å²) < 4.78 is 0. The van der Waals surface area contributed by atoms with Crippen molar-refractivity contribution in [2.45, 2.75) is 112 Å². The number of aromatic hydroxyl groups is 2. The van der Waals surface area contributed by atoms with Crippen molar-refractivity contribution in [3.63, 3.8) is 0 Å². The molecule has 0 saturated carbocycles. The van der Waals surface area contributed by atoms with E-state index in [9.17, 15) is 10.2 Å². The largest absolute Gasteiger partial charge is 0.507 e. The molecule has 4 nitrogen and oxygen atoms in total. The number of hydrogen-bond donors (Lipinski definition) is 2. The molecule has 2 aromatic carbocycles. The molecule has 0 saturated heterocycles. The number of phenolic OH excluding ortho intramolecular Hbond substituents is 2. The van der Waals surface area contributed by atoms with Crippen molar-refractivity contribution in [2.75, 3.05) is 13.1 Å². The predicted octanol–water partition coefficient (Wildman–Crippen LogP) is 8.80. The van der Waals surface area contributed by atoms with Crippen LogP contribution in [0.4, 0.5) is 0 Å². The van der Waals surface area contributed by atoms with Crippen LogP contribution in [0.25, 0.3) is 0 Å². The minimum atomic E-state index is -0.139. The molecule has 39 heavy (non-hydrogen) atoms. The Bertz CT molecular complexity index is 1040. The number of benzene rings is 2. The molecule has 0 amide bonds. The van der Waals surface area contributed by atoms with Crippen LogP contribution in [-0.2, 0) is 23.7 Å². The third-order valence-corrected chi connectivity index (χ3v) is 7.07. The fourth-order valence-corrected chi connectivity index (χ4v) is 4.56. The topological polar surface area (TPSA) is 65.2 Å². The Hall–Kier alpha value is -2.62. The molecule has 0 atom stereocenters. The number of rotatable bonds is 12. The second kappa shape index (κ2) is 14.1. The SMILES string of the molecule is CC(C)CCc1cc(C=NCCCN=Cc2cc(CCC(C)C)cc(C(C)(C)C)c2O)c(O)c(C(C)(C)C)c1. The second-order valence-corrected chi connectivity index (χ2v) is 14.0. The zero-order valence-electron chi connectivity index (χ0n) is 26.4. The molecule has 2 N–H and O–H groups in total. The first-order valence-corrected chi connectivity index (χ1v) is 14.8. The van der Waals surface area contributed by atoms with Gasteiger partial charge >= 0.3 is 0 Å². The average molecular weight is 535 g/mol. The zero-order chi connectivity index (χ0) is 29.4. The summed E-state index contributed by atoms with van der Waals surface area (Å²) in [6.45, 7) is 23.0. The summed E-state index contributed by atoms with van der Waals surface area (Å²) in [4.78, 5) is 9.23. The van der Waals surface area contributed by atoms with Crippen LogP contribution < -0.4 is 0 Å². The van der Waals surface area contributed by atoms with Gasteiger partial charge in [0.2, 0.25) is 0 Å². The quantitative estimate of drug-likeness (QED) is 0.211. The summed E-state index contributed by atoms with van der Waals surface area (Å²) in [7, 11) is 0. The van der Waals surface area contributed by atoms with E-state index in [1.54, 1.807) is 0 Å². The minimum Gasteiger partial charge on any atom is -0.507 e. The first-order chi connectivity index (χ1) is 18.1. The lowest BCUT2D eigenvalue weighted by Crippen LogP contribution is -2.13. The summed E-state index contributed by atoms with van der Waals surface area (Å²) in [5.74, 6) is 1.94. The Morgan fingerprint density at radius 3 is 1.31 bits per heavy atom. The fraction of sp³-hybridized carbons (Fsp3) is 0.600. The first-order valence-electron chi connectivity index (χ1n) is 14.8. The molecular formula is C35H54N2O2. The molecule has 0 heterocycles. The van der Waals surface area contributed by atoms with E-state index < -0.39 is 0 Å². The van der Waals surface area contributed by atoms with E-state index in [0.29, 0.717) is 36.4 Å². The van der Waals surface area contributed by atoms with Crippen molar-refractivity contribution in [3.05, 3.63) is 57.6 Å². The van der Waals surface area contributed by atoms with Crippen molar-refractivity contribution in [1.82, 2.24) is 0 Å². The van der Waals surface area contributed by atoms with E-state index in [-0.39, 0.29) is 10.8 Å². The van der Waals surface area contributed by atoms with Gasteiger partial charge in [-0.1, -0.05) is 81.4 Å². The Kier molecular flexibility index (Phi) is 11.8. The Labute approximate surface area is 238 Å². The molecule has 2 rings (SSSR count). The van der Waals surface area contributed by atoms with Crippen molar-refractivity contribution in [2.24, 2.45) is 21.8 Å². The van der Waals surface area contributed by atoms with Gasteiger partial charge in [0.25, 0.3) is 0 Å². The first kappa shape index (κ1) is 32.6. The monoisotopic (exact) mass is 534 g/mol. The zero-order valence-corrected chi connectivity index (χ0v) is 26.4. The molecule has 0 aliphatic rings. The molecule has 0 aromatic heterocycles. The van der Waals surface area contributed by atoms with Crippen LogP contribution in [0.2, 0.25) is 0 Å². The molecule has 0 bridgehead atoms. The lowest BCUT2D eigenvalue weighted by molar-refractivity contribution is 0.444. The second-order valence-electron chi connectivity index (χ2n) is 14.0. The third kappa shape index (κ3) is 10.5. The lowest BCUT2D eigenvalue weighted by Gasteiger charge is -2.23. The van der Waals surface area contributed by atoms with Crippen LogP contribution in [0.1, 0.15) is 122 Å². The number of nitrogens with zero attached hydrogens (tertiary/aromatic N) is 2. The van der Waals surface area contributed by atoms with Crippen LogP contribution in [0.3, 0.4) is 0 Å². The molecule has 0 fully saturated rings. The highest BCUT2D eigenvalue weighted by Gasteiger charge is 2.22. The lowest BCUT2D eigenvalue weighted by atomic mass is 9.83.